The van der Waals surface area contributed by atoms with Crippen molar-refractivity contribution < 1.29 is 18.3 Å². The van der Waals surface area contributed by atoms with Gasteiger partial charge in [0.15, 0.2) is 0 Å². The van der Waals surface area contributed by atoms with Crippen LogP contribution in [-0.4, -0.2) is 17.4 Å². The van der Waals surface area contributed by atoms with Crippen molar-refractivity contribution in [3.63, 3.8) is 0 Å². The zero-order valence-electron chi connectivity index (χ0n) is 12.6. The number of unbranched alkanes of at least 4 members (excludes halogenated alkanes) is 5. The lowest BCUT2D eigenvalue weighted by Gasteiger charge is -2.33. The Balaban J connectivity index is 2.20. The van der Waals surface area contributed by atoms with Crippen LogP contribution in [0.4, 0.5) is 13.2 Å². The van der Waals surface area contributed by atoms with E-state index in [4.69, 9.17) is 0 Å². The SMILES string of the molecule is CCCCCCCCC(O)C1CCCC(C(F)(F)F)C1. The maximum atomic E-state index is 12.7. The summed E-state index contributed by atoms with van der Waals surface area (Å²) in [5, 5.41) is 10.1. The molecule has 120 valence electrons. The van der Waals surface area contributed by atoms with Crippen molar-refractivity contribution in [1.82, 2.24) is 0 Å². The van der Waals surface area contributed by atoms with Gasteiger partial charge in [0.25, 0.3) is 0 Å². The molecule has 0 heterocycles. The molecule has 0 aliphatic heterocycles. The summed E-state index contributed by atoms with van der Waals surface area (Å²) in [6.07, 6.45) is 4.66. The topological polar surface area (TPSA) is 20.2 Å². The fourth-order valence-corrected chi connectivity index (χ4v) is 3.24. The first kappa shape index (κ1) is 17.8. The summed E-state index contributed by atoms with van der Waals surface area (Å²) in [6.45, 7) is 2.17. The molecule has 0 aromatic rings. The molecule has 20 heavy (non-hydrogen) atoms. The third-order valence-electron chi connectivity index (χ3n) is 4.58. The molecule has 0 spiro atoms. The van der Waals surface area contributed by atoms with Gasteiger partial charge in [-0.25, -0.2) is 0 Å². The van der Waals surface area contributed by atoms with Gasteiger partial charge in [-0.05, 0) is 31.6 Å². The van der Waals surface area contributed by atoms with Crippen LogP contribution < -0.4 is 0 Å². The zero-order valence-corrected chi connectivity index (χ0v) is 12.6. The van der Waals surface area contributed by atoms with Crippen LogP contribution in [0.15, 0.2) is 0 Å². The number of alkyl halides is 3. The minimum Gasteiger partial charge on any atom is -0.393 e. The molecular formula is C16H29F3O. The Bertz CT molecular complexity index is 253. The third kappa shape index (κ3) is 6.47. The van der Waals surface area contributed by atoms with E-state index in [-0.39, 0.29) is 18.8 Å². The molecular weight excluding hydrogens is 265 g/mol. The van der Waals surface area contributed by atoms with Crippen molar-refractivity contribution in [1.29, 1.82) is 0 Å². The summed E-state index contributed by atoms with van der Waals surface area (Å²) in [5.41, 5.74) is 0. The highest BCUT2D eigenvalue weighted by Crippen LogP contribution is 2.41. The first-order valence-electron chi connectivity index (χ1n) is 8.20. The summed E-state index contributed by atoms with van der Waals surface area (Å²) >= 11 is 0. The van der Waals surface area contributed by atoms with Gasteiger partial charge in [0.05, 0.1) is 12.0 Å². The molecule has 1 fully saturated rings. The van der Waals surface area contributed by atoms with E-state index in [9.17, 15) is 18.3 Å². The van der Waals surface area contributed by atoms with Crippen LogP contribution >= 0.6 is 0 Å². The molecule has 0 aromatic carbocycles. The number of hydrogen-bond donors (Lipinski definition) is 1. The molecule has 1 nitrogen and oxygen atoms in total. The minimum absolute atomic E-state index is 0.125. The predicted molar refractivity (Wildman–Crippen MR) is 75.5 cm³/mol. The van der Waals surface area contributed by atoms with E-state index in [1.807, 2.05) is 0 Å². The quantitative estimate of drug-likeness (QED) is 0.589. The van der Waals surface area contributed by atoms with Crippen LogP contribution in [0.3, 0.4) is 0 Å². The van der Waals surface area contributed by atoms with Crippen molar-refractivity contribution in [3.8, 4) is 0 Å². The highest BCUT2D eigenvalue weighted by molar-refractivity contribution is 4.81. The Hall–Kier alpha value is -0.250. The van der Waals surface area contributed by atoms with Gasteiger partial charge in [-0.2, -0.15) is 13.2 Å². The maximum absolute atomic E-state index is 12.7. The van der Waals surface area contributed by atoms with Crippen molar-refractivity contribution in [2.75, 3.05) is 0 Å². The van der Waals surface area contributed by atoms with E-state index in [0.717, 1.165) is 19.3 Å². The lowest BCUT2D eigenvalue weighted by molar-refractivity contribution is -0.188. The molecule has 1 saturated carbocycles. The molecule has 0 aromatic heterocycles. The van der Waals surface area contributed by atoms with Gasteiger partial charge >= 0.3 is 6.18 Å². The normalized spacial score (nSPS) is 25.6. The lowest BCUT2D eigenvalue weighted by Crippen LogP contribution is -2.33. The summed E-state index contributed by atoms with van der Waals surface area (Å²) in [6, 6.07) is 0. The van der Waals surface area contributed by atoms with Gasteiger partial charge in [0.2, 0.25) is 0 Å². The molecule has 0 bridgehead atoms. The second-order valence-corrected chi connectivity index (χ2v) is 6.29. The standard InChI is InChI=1S/C16H29F3O/c1-2-3-4-5-6-7-11-15(20)13-9-8-10-14(12-13)16(17,18)19/h13-15,20H,2-12H2,1H3. The van der Waals surface area contributed by atoms with Gasteiger partial charge < -0.3 is 5.11 Å². The van der Waals surface area contributed by atoms with Crippen LogP contribution in [0.1, 0.15) is 77.6 Å². The smallest absolute Gasteiger partial charge is 0.391 e. The summed E-state index contributed by atoms with van der Waals surface area (Å²) in [7, 11) is 0. The molecule has 1 aliphatic rings. The Kier molecular flexibility index (Phi) is 7.93. The van der Waals surface area contributed by atoms with E-state index in [2.05, 4.69) is 6.92 Å². The average molecular weight is 294 g/mol. The predicted octanol–water partition coefficient (Wildman–Crippen LogP) is 5.47. The van der Waals surface area contributed by atoms with E-state index in [0.29, 0.717) is 12.8 Å². The highest BCUT2D eigenvalue weighted by Gasteiger charge is 2.43. The first-order chi connectivity index (χ1) is 9.45. The number of rotatable bonds is 8. The van der Waals surface area contributed by atoms with Gasteiger partial charge in [-0.3, -0.25) is 0 Å². The van der Waals surface area contributed by atoms with Gasteiger partial charge in [0.1, 0.15) is 0 Å². The fourth-order valence-electron chi connectivity index (χ4n) is 3.24. The largest absolute Gasteiger partial charge is 0.393 e. The van der Waals surface area contributed by atoms with Crippen molar-refractivity contribution in [2.45, 2.75) is 89.8 Å². The van der Waals surface area contributed by atoms with Crippen molar-refractivity contribution in [3.05, 3.63) is 0 Å². The summed E-state index contributed by atoms with van der Waals surface area (Å²) < 4.78 is 38.2. The highest BCUT2D eigenvalue weighted by atomic mass is 19.4. The van der Waals surface area contributed by atoms with Crippen LogP contribution in [0.2, 0.25) is 0 Å². The van der Waals surface area contributed by atoms with Gasteiger partial charge in [-0.15, -0.1) is 0 Å². The van der Waals surface area contributed by atoms with E-state index in [1.54, 1.807) is 0 Å². The zero-order chi connectivity index (χ0) is 15.0. The number of aliphatic hydroxyl groups is 1. The molecule has 3 unspecified atom stereocenters. The second kappa shape index (κ2) is 8.91. The Morgan fingerprint density at radius 1 is 1.05 bits per heavy atom. The summed E-state index contributed by atoms with van der Waals surface area (Å²) in [4.78, 5) is 0. The molecule has 0 saturated heterocycles. The molecule has 4 heteroatoms. The van der Waals surface area contributed by atoms with Crippen LogP contribution in [0.25, 0.3) is 0 Å². The monoisotopic (exact) mass is 294 g/mol. The number of hydrogen-bond acceptors (Lipinski definition) is 1. The molecule has 1 aliphatic carbocycles. The second-order valence-electron chi connectivity index (χ2n) is 6.29. The lowest BCUT2D eigenvalue weighted by atomic mass is 9.77. The van der Waals surface area contributed by atoms with E-state index in [1.165, 1.54) is 25.7 Å². The number of halogens is 3. The molecule has 1 rings (SSSR count). The maximum Gasteiger partial charge on any atom is 0.391 e. The molecule has 1 N–H and O–H groups in total. The van der Waals surface area contributed by atoms with Crippen molar-refractivity contribution in [2.24, 2.45) is 11.8 Å². The number of aliphatic hydroxyl groups excluding tert-OH is 1. The summed E-state index contributed by atoms with van der Waals surface area (Å²) in [5.74, 6) is -1.34. The Morgan fingerprint density at radius 3 is 2.35 bits per heavy atom. The minimum atomic E-state index is -4.08. The molecule has 3 atom stereocenters. The van der Waals surface area contributed by atoms with Crippen LogP contribution in [0, 0.1) is 11.8 Å². The van der Waals surface area contributed by atoms with Gasteiger partial charge in [-0.1, -0.05) is 51.9 Å². The fraction of sp³-hybridized carbons (Fsp3) is 1.00. The van der Waals surface area contributed by atoms with Crippen LogP contribution in [0.5, 0.6) is 0 Å². The van der Waals surface area contributed by atoms with Crippen molar-refractivity contribution >= 4 is 0 Å². The Morgan fingerprint density at radius 2 is 1.70 bits per heavy atom. The molecule has 0 radical (unpaired) electrons. The molecule has 0 amide bonds. The van der Waals surface area contributed by atoms with E-state index < -0.39 is 18.2 Å². The van der Waals surface area contributed by atoms with E-state index >= 15 is 0 Å². The van der Waals surface area contributed by atoms with Crippen LogP contribution in [-0.2, 0) is 0 Å². The average Bonchev–Trinajstić information content (AvgIpc) is 2.41. The Labute approximate surface area is 120 Å². The third-order valence-corrected chi connectivity index (χ3v) is 4.58. The van der Waals surface area contributed by atoms with Gasteiger partial charge in [0, 0.05) is 0 Å². The first-order valence-corrected chi connectivity index (χ1v) is 8.20.